The number of hydrogen-bond donors (Lipinski definition) is 0. The van der Waals surface area contributed by atoms with Gasteiger partial charge in [0.2, 0.25) is 0 Å². The Morgan fingerprint density at radius 3 is 2.10 bits per heavy atom. The molecule has 0 aromatic heterocycles. The van der Waals surface area contributed by atoms with Crippen LogP contribution in [0, 0.1) is 0 Å². The molecule has 0 amide bonds. The van der Waals surface area contributed by atoms with Crippen molar-refractivity contribution in [2.45, 2.75) is 32.8 Å². The van der Waals surface area contributed by atoms with Crippen LogP contribution in [0.25, 0.3) is 17.2 Å². The average molecular weight is 280 g/mol. The Kier molecular flexibility index (Phi) is 6.23. The van der Waals surface area contributed by atoms with Gasteiger partial charge in [-0.05, 0) is 28.7 Å². The van der Waals surface area contributed by atoms with Crippen LogP contribution in [-0.2, 0) is 11.3 Å². The highest BCUT2D eigenvalue weighted by Gasteiger charge is 1.99. The van der Waals surface area contributed by atoms with Gasteiger partial charge in [0.1, 0.15) is 0 Å². The van der Waals surface area contributed by atoms with Gasteiger partial charge >= 0.3 is 0 Å². The molecule has 0 aliphatic carbocycles. The Labute approximate surface area is 128 Å². The molecule has 21 heavy (non-hydrogen) atoms. The van der Waals surface area contributed by atoms with Crippen LogP contribution in [0.2, 0.25) is 0 Å². The Balaban J connectivity index is 1.90. The van der Waals surface area contributed by atoms with Crippen molar-refractivity contribution < 1.29 is 4.74 Å². The van der Waals surface area contributed by atoms with Crippen LogP contribution in [-0.4, -0.2) is 6.61 Å². The summed E-state index contributed by atoms with van der Waals surface area (Å²) in [5.41, 5.74) is 4.85. The van der Waals surface area contributed by atoms with Crippen molar-refractivity contribution in [3.05, 3.63) is 66.2 Å². The minimum absolute atomic E-state index is 0.708. The molecule has 1 nitrogen and oxygen atoms in total. The van der Waals surface area contributed by atoms with Gasteiger partial charge in [-0.3, -0.25) is 0 Å². The second-order valence-electron chi connectivity index (χ2n) is 5.28. The maximum absolute atomic E-state index is 5.69. The molecule has 0 N–H and O–H groups in total. The summed E-state index contributed by atoms with van der Waals surface area (Å²) in [5.74, 6) is 0. The van der Waals surface area contributed by atoms with Gasteiger partial charge in [-0.15, -0.1) is 0 Å². The molecule has 2 aromatic rings. The molecule has 0 radical (unpaired) electrons. The molecule has 0 saturated heterocycles. The Bertz CT molecular complexity index is 537. The average Bonchev–Trinajstić information content (AvgIpc) is 2.55. The highest BCUT2D eigenvalue weighted by atomic mass is 16.5. The van der Waals surface area contributed by atoms with Crippen LogP contribution in [0.1, 0.15) is 37.3 Å². The molecule has 0 spiro atoms. The predicted molar refractivity (Wildman–Crippen MR) is 91.2 cm³/mol. The standard InChI is InChI=1S/C20H24O/c1-3-5-6-15-21-16-18-9-13-20(14-10-18)19-11-7-17(4-2)8-12-19/h4,7-14H,2-3,5-6,15-16H2,1H3. The van der Waals surface area contributed by atoms with Crippen LogP contribution in [0.5, 0.6) is 0 Å². The fraction of sp³-hybridized carbons (Fsp3) is 0.300. The lowest BCUT2D eigenvalue weighted by Crippen LogP contribution is -1.95. The molecule has 0 atom stereocenters. The molecule has 0 heterocycles. The third-order valence-electron chi connectivity index (χ3n) is 3.59. The minimum atomic E-state index is 0.708. The van der Waals surface area contributed by atoms with Crippen LogP contribution in [0.3, 0.4) is 0 Å². The summed E-state index contributed by atoms with van der Waals surface area (Å²) in [7, 11) is 0. The molecule has 0 fully saturated rings. The largest absolute Gasteiger partial charge is 0.377 e. The Morgan fingerprint density at radius 2 is 1.52 bits per heavy atom. The maximum Gasteiger partial charge on any atom is 0.0716 e. The van der Waals surface area contributed by atoms with Crippen molar-refractivity contribution in [2.24, 2.45) is 0 Å². The van der Waals surface area contributed by atoms with Crippen LogP contribution in [0.15, 0.2) is 55.1 Å². The lowest BCUT2D eigenvalue weighted by Gasteiger charge is -2.06. The van der Waals surface area contributed by atoms with Crippen molar-refractivity contribution in [3.8, 4) is 11.1 Å². The van der Waals surface area contributed by atoms with Gasteiger partial charge in [-0.2, -0.15) is 0 Å². The zero-order chi connectivity index (χ0) is 14.9. The first kappa shape index (κ1) is 15.5. The first-order chi connectivity index (χ1) is 10.3. The van der Waals surface area contributed by atoms with Gasteiger partial charge in [0.15, 0.2) is 0 Å². The summed E-state index contributed by atoms with van der Waals surface area (Å²) >= 11 is 0. The molecule has 110 valence electrons. The molecule has 1 heteroatoms. The zero-order valence-electron chi connectivity index (χ0n) is 12.8. The third kappa shape index (κ3) is 4.87. The second-order valence-corrected chi connectivity index (χ2v) is 5.28. The van der Waals surface area contributed by atoms with Crippen molar-refractivity contribution in [1.82, 2.24) is 0 Å². The molecule has 0 unspecified atom stereocenters. The van der Waals surface area contributed by atoms with E-state index >= 15 is 0 Å². The quantitative estimate of drug-likeness (QED) is 0.563. The molecule has 0 aliphatic heterocycles. The van der Waals surface area contributed by atoms with Crippen LogP contribution >= 0.6 is 0 Å². The number of benzene rings is 2. The summed E-state index contributed by atoms with van der Waals surface area (Å²) in [5, 5.41) is 0. The van der Waals surface area contributed by atoms with E-state index in [-0.39, 0.29) is 0 Å². The second kappa shape index (κ2) is 8.43. The van der Waals surface area contributed by atoms with Gasteiger partial charge < -0.3 is 4.74 Å². The number of hydrogen-bond acceptors (Lipinski definition) is 1. The Hall–Kier alpha value is -1.86. The van der Waals surface area contributed by atoms with Crippen molar-refractivity contribution in [2.75, 3.05) is 6.61 Å². The highest BCUT2D eigenvalue weighted by molar-refractivity contribution is 5.65. The van der Waals surface area contributed by atoms with Gasteiger partial charge in [0.05, 0.1) is 6.61 Å². The summed E-state index contributed by atoms with van der Waals surface area (Å²) in [6.07, 6.45) is 5.51. The molecule has 0 saturated carbocycles. The van der Waals surface area contributed by atoms with Crippen molar-refractivity contribution in [1.29, 1.82) is 0 Å². The number of rotatable bonds is 8. The molecule has 2 aromatic carbocycles. The molecule has 0 bridgehead atoms. The molecule has 0 aliphatic rings. The zero-order valence-corrected chi connectivity index (χ0v) is 12.8. The highest BCUT2D eigenvalue weighted by Crippen LogP contribution is 2.21. The SMILES string of the molecule is C=Cc1ccc(-c2ccc(COCCCCC)cc2)cc1. The number of ether oxygens (including phenoxy) is 1. The fourth-order valence-electron chi connectivity index (χ4n) is 2.25. The molecular formula is C20H24O. The van der Waals surface area contributed by atoms with Gasteiger partial charge in [0, 0.05) is 6.61 Å². The van der Waals surface area contributed by atoms with E-state index in [1.165, 1.54) is 29.5 Å². The topological polar surface area (TPSA) is 9.23 Å². The smallest absolute Gasteiger partial charge is 0.0716 e. The lowest BCUT2D eigenvalue weighted by molar-refractivity contribution is 0.117. The van der Waals surface area contributed by atoms with Gasteiger partial charge in [0.25, 0.3) is 0 Å². The molecular weight excluding hydrogens is 256 g/mol. The van der Waals surface area contributed by atoms with E-state index in [9.17, 15) is 0 Å². The summed E-state index contributed by atoms with van der Waals surface area (Å²) < 4.78 is 5.69. The first-order valence-corrected chi connectivity index (χ1v) is 7.73. The van der Waals surface area contributed by atoms with E-state index in [1.807, 2.05) is 6.08 Å². The number of unbranched alkanes of at least 4 members (excludes halogenated alkanes) is 2. The first-order valence-electron chi connectivity index (χ1n) is 7.73. The molecule has 2 rings (SSSR count). The van der Waals surface area contributed by atoms with E-state index in [0.29, 0.717) is 6.61 Å². The van der Waals surface area contributed by atoms with Crippen LogP contribution < -0.4 is 0 Å². The monoisotopic (exact) mass is 280 g/mol. The van der Waals surface area contributed by atoms with Crippen molar-refractivity contribution >= 4 is 6.08 Å². The van der Waals surface area contributed by atoms with E-state index in [0.717, 1.165) is 18.6 Å². The van der Waals surface area contributed by atoms with Gasteiger partial charge in [-0.1, -0.05) is 81.0 Å². The van der Waals surface area contributed by atoms with E-state index in [1.54, 1.807) is 0 Å². The van der Waals surface area contributed by atoms with Crippen LogP contribution in [0.4, 0.5) is 0 Å². The predicted octanol–water partition coefficient (Wildman–Crippen LogP) is 5.70. The normalized spacial score (nSPS) is 10.5. The van der Waals surface area contributed by atoms with E-state index in [2.05, 4.69) is 62.0 Å². The summed E-state index contributed by atoms with van der Waals surface area (Å²) in [6, 6.07) is 17.1. The fourth-order valence-corrected chi connectivity index (χ4v) is 2.25. The lowest BCUT2D eigenvalue weighted by atomic mass is 10.0. The van der Waals surface area contributed by atoms with E-state index < -0.39 is 0 Å². The summed E-state index contributed by atoms with van der Waals surface area (Å²) in [4.78, 5) is 0. The maximum atomic E-state index is 5.69. The van der Waals surface area contributed by atoms with E-state index in [4.69, 9.17) is 4.74 Å². The Morgan fingerprint density at radius 1 is 0.905 bits per heavy atom. The third-order valence-corrected chi connectivity index (χ3v) is 3.59. The summed E-state index contributed by atoms with van der Waals surface area (Å²) in [6.45, 7) is 7.55. The minimum Gasteiger partial charge on any atom is -0.377 e. The van der Waals surface area contributed by atoms with Gasteiger partial charge in [-0.25, -0.2) is 0 Å². The van der Waals surface area contributed by atoms with Crippen molar-refractivity contribution in [3.63, 3.8) is 0 Å².